The van der Waals surface area contributed by atoms with Crippen LogP contribution in [0.25, 0.3) is 0 Å². The first kappa shape index (κ1) is 17.8. The van der Waals surface area contributed by atoms with Gasteiger partial charge in [0.05, 0.1) is 0 Å². The summed E-state index contributed by atoms with van der Waals surface area (Å²) in [5.74, 6) is 0.535. The summed E-state index contributed by atoms with van der Waals surface area (Å²) in [6.07, 6.45) is -0.151. The van der Waals surface area contributed by atoms with Crippen molar-refractivity contribution in [3.05, 3.63) is 54.6 Å². The molecule has 2 aromatic carbocycles. The third kappa shape index (κ3) is 4.99. The average molecular weight is 347 g/mol. The molecule has 24 heavy (non-hydrogen) atoms. The summed E-state index contributed by atoms with van der Waals surface area (Å²) in [5.41, 5.74) is 1.29. The van der Waals surface area contributed by atoms with Crippen LogP contribution in [-0.2, 0) is 4.79 Å². The van der Waals surface area contributed by atoms with E-state index in [1.165, 1.54) is 4.90 Å². The molecule has 2 amide bonds. The summed E-state index contributed by atoms with van der Waals surface area (Å²) in [4.78, 5) is 25.4. The van der Waals surface area contributed by atoms with Gasteiger partial charge in [0.15, 0.2) is 0 Å². The van der Waals surface area contributed by atoms with Gasteiger partial charge in [-0.25, -0.2) is 4.79 Å². The molecule has 0 saturated carbocycles. The summed E-state index contributed by atoms with van der Waals surface area (Å²) in [6.45, 7) is 2.10. The summed E-state index contributed by atoms with van der Waals surface area (Å²) in [7, 11) is 0. The van der Waals surface area contributed by atoms with Gasteiger partial charge in [0.25, 0.3) is 0 Å². The van der Waals surface area contributed by atoms with Crippen molar-refractivity contribution >= 4 is 35.0 Å². The molecule has 2 aromatic rings. The second kappa shape index (κ2) is 8.93. The number of rotatable bonds is 6. The number of hydrogen-bond acceptors (Lipinski definition) is 3. The SMILES string of the molecule is CCC(=O)Nc1cccc(OC(=O)N(CCCl)c2ccccc2)c1. The van der Waals surface area contributed by atoms with Crippen LogP contribution in [0.3, 0.4) is 0 Å². The van der Waals surface area contributed by atoms with Gasteiger partial charge in [0, 0.05) is 36.3 Å². The summed E-state index contributed by atoms with van der Waals surface area (Å²) >= 11 is 5.79. The largest absolute Gasteiger partial charge is 0.419 e. The molecule has 5 nitrogen and oxygen atoms in total. The van der Waals surface area contributed by atoms with Gasteiger partial charge in [-0.15, -0.1) is 11.6 Å². The minimum atomic E-state index is -0.527. The first-order valence-corrected chi connectivity index (χ1v) is 8.17. The van der Waals surface area contributed by atoms with Gasteiger partial charge in [-0.05, 0) is 24.3 Å². The molecular formula is C18H19ClN2O3. The normalized spacial score (nSPS) is 10.1. The first-order chi connectivity index (χ1) is 11.6. The zero-order valence-corrected chi connectivity index (χ0v) is 14.1. The molecule has 0 radical (unpaired) electrons. The van der Waals surface area contributed by atoms with Gasteiger partial charge >= 0.3 is 6.09 Å². The number of halogens is 1. The van der Waals surface area contributed by atoms with Crippen LogP contribution >= 0.6 is 11.6 Å². The Morgan fingerprint density at radius 1 is 1.12 bits per heavy atom. The lowest BCUT2D eigenvalue weighted by Gasteiger charge is -2.21. The molecule has 126 valence electrons. The van der Waals surface area contributed by atoms with Gasteiger partial charge in [-0.1, -0.05) is 31.2 Å². The van der Waals surface area contributed by atoms with Gasteiger partial charge < -0.3 is 10.1 Å². The predicted molar refractivity (Wildman–Crippen MR) is 95.9 cm³/mol. The second-order valence-electron chi connectivity index (χ2n) is 4.97. The lowest BCUT2D eigenvalue weighted by atomic mass is 10.3. The van der Waals surface area contributed by atoms with E-state index in [-0.39, 0.29) is 11.8 Å². The number of ether oxygens (including phenoxy) is 1. The quantitative estimate of drug-likeness (QED) is 0.794. The first-order valence-electron chi connectivity index (χ1n) is 7.64. The molecule has 6 heteroatoms. The molecule has 0 aromatic heterocycles. The van der Waals surface area contributed by atoms with E-state index >= 15 is 0 Å². The van der Waals surface area contributed by atoms with Crippen LogP contribution in [-0.4, -0.2) is 24.4 Å². The number of amides is 2. The number of carbonyl (C=O) groups is 2. The van der Waals surface area contributed by atoms with Crippen molar-refractivity contribution < 1.29 is 14.3 Å². The molecule has 0 spiro atoms. The van der Waals surface area contributed by atoms with E-state index in [2.05, 4.69) is 5.32 Å². The maximum absolute atomic E-state index is 12.5. The number of hydrogen-bond donors (Lipinski definition) is 1. The van der Waals surface area contributed by atoms with E-state index in [4.69, 9.17) is 16.3 Å². The number of nitrogens with zero attached hydrogens (tertiary/aromatic N) is 1. The molecule has 2 rings (SSSR count). The van der Waals surface area contributed by atoms with Crippen LogP contribution in [0, 0.1) is 0 Å². The van der Waals surface area contributed by atoms with Crippen molar-refractivity contribution in [2.45, 2.75) is 13.3 Å². The highest BCUT2D eigenvalue weighted by molar-refractivity contribution is 6.18. The Labute approximate surface area is 146 Å². The predicted octanol–water partition coefficient (Wildman–Crippen LogP) is 4.28. The Bertz CT molecular complexity index is 692. The van der Waals surface area contributed by atoms with Crippen LogP contribution in [0.15, 0.2) is 54.6 Å². The molecule has 1 N–H and O–H groups in total. The third-order valence-electron chi connectivity index (χ3n) is 3.24. The molecule has 0 aliphatic rings. The van der Waals surface area contributed by atoms with Gasteiger partial charge in [-0.3, -0.25) is 9.69 Å². The van der Waals surface area contributed by atoms with Crippen molar-refractivity contribution in [1.82, 2.24) is 0 Å². The van der Waals surface area contributed by atoms with E-state index in [9.17, 15) is 9.59 Å². The highest BCUT2D eigenvalue weighted by atomic mass is 35.5. The zero-order valence-electron chi connectivity index (χ0n) is 13.4. The number of nitrogens with one attached hydrogen (secondary N) is 1. The molecule has 0 aliphatic carbocycles. The maximum atomic E-state index is 12.5. The molecule has 0 atom stereocenters. The van der Waals surface area contributed by atoms with Crippen molar-refractivity contribution in [2.24, 2.45) is 0 Å². The Morgan fingerprint density at radius 3 is 2.54 bits per heavy atom. The van der Waals surface area contributed by atoms with Crippen LogP contribution in [0.4, 0.5) is 16.2 Å². The monoisotopic (exact) mass is 346 g/mol. The Hall–Kier alpha value is -2.53. The summed E-state index contributed by atoms with van der Waals surface area (Å²) in [6, 6.07) is 15.9. The molecular weight excluding hydrogens is 328 g/mol. The smallest absolute Gasteiger partial charge is 0.410 e. The van der Waals surface area contributed by atoms with Crippen molar-refractivity contribution in [1.29, 1.82) is 0 Å². The fourth-order valence-corrected chi connectivity index (χ4v) is 2.23. The van der Waals surface area contributed by atoms with E-state index < -0.39 is 6.09 Å². The van der Waals surface area contributed by atoms with E-state index in [0.29, 0.717) is 30.1 Å². The number of carbonyl (C=O) groups excluding carboxylic acids is 2. The zero-order chi connectivity index (χ0) is 17.4. The highest BCUT2D eigenvalue weighted by Crippen LogP contribution is 2.20. The Balaban J connectivity index is 2.12. The maximum Gasteiger partial charge on any atom is 0.419 e. The van der Waals surface area contributed by atoms with Crippen molar-refractivity contribution in [3.63, 3.8) is 0 Å². The number of para-hydroxylation sites is 1. The van der Waals surface area contributed by atoms with E-state index in [1.54, 1.807) is 31.2 Å². The third-order valence-corrected chi connectivity index (χ3v) is 3.41. The van der Waals surface area contributed by atoms with Gasteiger partial charge in [0.2, 0.25) is 5.91 Å². The van der Waals surface area contributed by atoms with E-state index in [0.717, 1.165) is 0 Å². The number of benzene rings is 2. The standard InChI is InChI=1S/C18H19ClN2O3/c1-2-17(22)20-14-7-6-10-16(13-14)24-18(23)21(12-11-19)15-8-4-3-5-9-15/h3-10,13H,2,11-12H2,1H3,(H,20,22). The molecule has 0 fully saturated rings. The highest BCUT2D eigenvalue weighted by Gasteiger charge is 2.17. The second-order valence-corrected chi connectivity index (χ2v) is 5.35. The molecule has 0 saturated heterocycles. The van der Waals surface area contributed by atoms with Crippen LogP contribution in [0.1, 0.15) is 13.3 Å². The minimum absolute atomic E-state index is 0.105. The number of alkyl halides is 1. The summed E-state index contributed by atoms with van der Waals surface area (Å²) < 4.78 is 5.42. The van der Waals surface area contributed by atoms with Gasteiger partial charge in [-0.2, -0.15) is 0 Å². The Morgan fingerprint density at radius 2 is 1.88 bits per heavy atom. The molecule has 0 aliphatic heterocycles. The lowest BCUT2D eigenvalue weighted by molar-refractivity contribution is -0.115. The molecule has 0 unspecified atom stereocenters. The van der Waals surface area contributed by atoms with Crippen molar-refractivity contribution in [3.8, 4) is 5.75 Å². The summed E-state index contributed by atoms with van der Waals surface area (Å²) in [5, 5.41) is 2.73. The van der Waals surface area contributed by atoms with E-state index in [1.807, 2.05) is 30.3 Å². The lowest BCUT2D eigenvalue weighted by Crippen LogP contribution is -2.35. The van der Waals surface area contributed by atoms with Crippen LogP contribution in [0.5, 0.6) is 5.75 Å². The number of anilines is 2. The Kier molecular flexibility index (Phi) is 6.63. The minimum Gasteiger partial charge on any atom is -0.410 e. The van der Waals surface area contributed by atoms with Crippen LogP contribution < -0.4 is 15.0 Å². The molecule has 0 heterocycles. The van der Waals surface area contributed by atoms with Gasteiger partial charge in [0.1, 0.15) is 5.75 Å². The molecule has 0 bridgehead atoms. The fourth-order valence-electron chi connectivity index (χ4n) is 2.06. The average Bonchev–Trinajstić information content (AvgIpc) is 2.60. The fraction of sp³-hybridized carbons (Fsp3) is 0.222. The van der Waals surface area contributed by atoms with Crippen molar-refractivity contribution in [2.75, 3.05) is 22.6 Å². The van der Waals surface area contributed by atoms with Crippen LogP contribution in [0.2, 0.25) is 0 Å². The topological polar surface area (TPSA) is 58.6 Å².